The van der Waals surface area contributed by atoms with E-state index >= 15 is 0 Å². The van der Waals surface area contributed by atoms with Crippen LogP contribution in [0.3, 0.4) is 0 Å². The molecule has 0 unspecified atom stereocenters. The molecule has 0 radical (unpaired) electrons. The van der Waals surface area contributed by atoms with E-state index < -0.39 is 20.7 Å². The van der Waals surface area contributed by atoms with E-state index in [0.717, 1.165) is 21.6 Å². The molecule has 1 saturated heterocycles. The fraction of sp³-hybridized carbons (Fsp3) is 0.184. The topological polar surface area (TPSA) is 145 Å². The summed E-state index contributed by atoms with van der Waals surface area (Å²) in [6.07, 6.45) is 0. The number of sulfone groups is 1. The number of nitro benzene ring substituents is 1. The number of piperazine rings is 1. The molecule has 0 aliphatic carbocycles. The van der Waals surface area contributed by atoms with Gasteiger partial charge in [0.1, 0.15) is 22.0 Å². The summed E-state index contributed by atoms with van der Waals surface area (Å²) in [5.74, 6) is 0.218. The number of hydrogen-bond donors (Lipinski definition) is 3. The number of nitro groups is 1. The summed E-state index contributed by atoms with van der Waals surface area (Å²) < 4.78 is 24.8. The molecule has 2 aliphatic heterocycles. The first kappa shape index (κ1) is 34.1. The Morgan fingerprint density at radius 1 is 0.863 bits per heavy atom. The monoisotopic (exact) mass is 721 g/mol. The zero-order chi connectivity index (χ0) is 35.5. The quantitative estimate of drug-likeness (QED) is 0.0402. The Kier molecular flexibility index (Phi) is 9.67. The molecule has 11 nitrogen and oxygen atoms in total. The van der Waals surface area contributed by atoms with E-state index in [0.29, 0.717) is 50.7 Å². The number of rotatable bonds is 12. The van der Waals surface area contributed by atoms with E-state index in [1.807, 2.05) is 65.6 Å². The standard InChI is InChI=1S/C38H35N5O6S2/c44-28-10-6-9-26(24-28)30-13-5-4-8-27(30)25-41-19-21-42(22-20-41)35-33(40-38(45)31-14-7-15-34-37(31)51(34,48)49)17-16-32(36(35)43(46)47)39-18-23-50-29-11-2-1-3-12-29/h1-17,24,39,44H,18-23,25H2,(H,40,45). The molecule has 3 N–H and O–H groups in total. The molecule has 0 saturated carbocycles. The van der Waals surface area contributed by atoms with Gasteiger partial charge in [-0.25, -0.2) is 8.42 Å². The number of aromatic hydroxyl groups is 1. The summed E-state index contributed by atoms with van der Waals surface area (Å²) in [6.45, 7) is 3.18. The molecule has 0 aromatic heterocycles. The van der Waals surface area contributed by atoms with Crippen LogP contribution in [0, 0.1) is 10.1 Å². The molecule has 13 heteroatoms. The Morgan fingerprint density at radius 2 is 1.59 bits per heavy atom. The van der Waals surface area contributed by atoms with Crippen LogP contribution in [0.25, 0.3) is 11.1 Å². The second-order valence-corrected chi connectivity index (χ2v) is 15.3. The Bertz CT molecular complexity index is 2220. The zero-order valence-corrected chi connectivity index (χ0v) is 29.1. The highest BCUT2D eigenvalue weighted by atomic mass is 32.2. The summed E-state index contributed by atoms with van der Waals surface area (Å²) in [5.41, 5.74) is 3.71. The molecule has 5 aromatic rings. The molecular formula is C38H35N5O6S2. The number of thioether (sulfide) groups is 1. The van der Waals surface area contributed by atoms with Crippen LogP contribution in [0.4, 0.5) is 22.7 Å². The van der Waals surface area contributed by atoms with Crippen LogP contribution in [0.5, 0.6) is 5.75 Å². The predicted octanol–water partition coefficient (Wildman–Crippen LogP) is 6.89. The maximum absolute atomic E-state index is 13.5. The van der Waals surface area contributed by atoms with Crippen molar-refractivity contribution in [2.45, 2.75) is 21.2 Å². The number of anilines is 3. The largest absolute Gasteiger partial charge is 0.508 e. The molecule has 2 aliphatic rings. The number of nitrogens with zero attached hydrogens (tertiary/aromatic N) is 3. The number of nitrogens with one attached hydrogen (secondary N) is 2. The average molecular weight is 722 g/mol. The van der Waals surface area contributed by atoms with Gasteiger partial charge in [-0.3, -0.25) is 19.8 Å². The molecule has 7 rings (SSSR count). The van der Waals surface area contributed by atoms with Crippen LogP contribution in [-0.2, 0) is 16.4 Å². The highest BCUT2D eigenvalue weighted by Crippen LogP contribution is 2.45. The summed E-state index contributed by atoms with van der Waals surface area (Å²) in [5, 5.41) is 28.9. The van der Waals surface area contributed by atoms with E-state index in [4.69, 9.17) is 0 Å². The van der Waals surface area contributed by atoms with E-state index in [2.05, 4.69) is 21.6 Å². The van der Waals surface area contributed by atoms with Crippen molar-refractivity contribution < 1.29 is 23.2 Å². The van der Waals surface area contributed by atoms with Crippen molar-refractivity contribution >= 4 is 50.3 Å². The Hall–Kier alpha value is -5.37. The third kappa shape index (κ3) is 7.27. The van der Waals surface area contributed by atoms with Gasteiger partial charge in [0, 0.05) is 49.9 Å². The fourth-order valence-corrected chi connectivity index (χ4v) is 8.81. The van der Waals surface area contributed by atoms with E-state index in [1.165, 1.54) is 18.2 Å². The predicted molar refractivity (Wildman–Crippen MR) is 200 cm³/mol. The second-order valence-electron chi connectivity index (χ2n) is 12.3. The minimum atomic E-state index is -3.60. The molecule has 2 heterocycles. The van der Waals surface area contributed by atoms with E-state index in [9.17, 15) is 28.4 Å². The maximum Gasteiger partial charge on any atom is 0.317 e. The van der Waals surface area contributed by atoms with Crippen molar-refractivity contribution in [3.05, 3.63) is 130 Å². The van der Waals surface area contributed by atoms with Gasteiger partial charge in [-0.1, -0.05) is 60.7 Å². The number of fused-ring (bicyclic) bond motifs is 1. The third-order valence-electron chi connectivity index (χ3n) is 9.01. The first-order valence-corrected chi connectivity index (χ1v) is 18.9. The fourth-order valence-electron chi connectivity index (χ4n) is 6.51. The van der Waals surface area contributed by atoms with Crippen LogP contribution in [0.2, 0.25) is 0 Å². The summed E-state index contributed by atoms with van der Waals surface area (Å²) >= 11 is 1.64. The van der Waals surface area contributed by atoms with E-state index in [1.54, 1.807) is 36.0 Å². The lowest BCUT2D eigenvalue weighted by atomic mass is 9.99. The van der Waals surface area contributed by atoms with Crippen molar-refractivity contribution in [2.24, 2.45) is 0 Å². The van der Waals surface area contributed by atoms with Crippen molar-refractivity contribution in [3.63, 3.8) is 0 Å². The summed E-state index contributed by atoms with van der Waals surface area (Å²) in [6, 6.07) is 32.7. The molecule has 0 bridgehead atoms. The van der Waals surface area contributed by atoms with Crippen LogP contribution in [0.1, 0.15) is 15.9 Å². The van der Waals surface area contributed by atoms with Gasteiger partial charge in [0.25, 0.3) is 5.91 Å². The van der Waals surface area contributed by atoms with Crippen molar-refractivity contribution in [1.29, 1.82) is 0 Å². The van der Waals surface area contributed by atoms with Crippen LogP contribution in [0.15, 0.2) is 124 Å². The van der Waals surface area contributed by atoms with Gasteiger partial charge < -0.3 is 20.6 Å². The highest BCUT2D eigenvalue weighted by Gasteiger charge is 2.43. The Morgan fingerprint density at radius 3 is 2.35 bits per heavy atom. The van der Waals surface area contributed by atoms with E-state index in [-0.39, 0.29) is 38.2 Å². The van der Waals surface area contributed by atoms with Gasteiger partial charge in [0.05, 0.1) is 21.1 Å². The minimum absolute atomic E-state index is 0.00707. The molecule has 5 aromatic carbocycles. The van der Waals surface area contributed by atoms with Crippen molar-refractivity contribution in [3.8, 4) is 16.9 Å². The van der Waals surface area contributed by atoms with Gasteiger partial charge in [0.15, 0.2) is 0 Å². The van der Waals surface area contributed by atoms with Crippen LogP contribution >= 0.6 is 11.8 Å². The van der Waals surface area contributed by atoms with Crippen molar-refractivity contribution in [2.75, 3.05) is 54.0 Å². The Balaban J connectivity index is 1.14. The number of phenolic OH excluding ortho intramolecular Hbond substituents is 1. The van der Waals surface area contributed by atoms with Crippen molar-refractivity contribution in [1.82, 2.24) is 4.90 Å². The lowest BCUT2D eigenvalue weighted by molar-refractivity contribution is -0.383. The maximum atomic E-state index is 13.5. The van der Waals surface area contributed by atoms with Crippen LogP contribution < -0.4 is 15.5 Å². The zero-order valence-electron chi connectivity index (χ0n) is 27.5. The van der Waals surface area contributed by atoms with Gasteiger partial charge in [0.2, 0.25) is 9.84 Å². The second kappa shape index (κ2) is 14.5. The highest BCUT2D eigenvalue weighted by molar-refractivity contribution is 7.99. The molecule has 260 valence electrons. The number of hydrogen-bond acceptors (Lipinski definition) is 10. The number of carbonyl (C=O) groups is 1. The van der Waals surface area contributed by atoms with Gasteiger partial charge in [-0.15, -0.1) is 11.8 Å². The number of phenols is 1. The molecule has 0 atom stereocenters. The number of amides is 1. The van der Waals surface area contributed by atoms with Gasteiger partial charge in [-0.2, -0.15) is 0 Å². The summed E-state index contributed by atoms with van der Waals surface area (Å²) in [4.78, 5) is 31.3. The first-order valence-electron chi connectivity index (χ1n) is 16.5. The molecular weight excluding hydrogens is 687 g/mol. The normalized spacial score (nSPS) is 14.8. The molecule has 1 fully saturated rings. The first-order chi connectivity index (χ1) is 24.7. The average Bonchev–Trinajstić information content (AvgIpc) is 3.71. The summed E-state index contributed by atoms with van der Waals surface area (Å²) in [7, 11) is -3.60. The van der Waals surface area contributed by atoms with Crippen LogP contribution in [-0.4, -0.2) is 67.7 Å². The Labute approximate surface area is 300 Å². The number of benzene rings is 5. The molecule has 1 amide bonds. The molecule has 51 heavy (non-hydrogen) atoms. The van der Waals surface area contributed by atoms with Gasteiger partial charge in [-0.05, 0) is 65.2 Å². The number of carbonyl (C=O) groups excluding carboxylic acids is 1. The minimum Gasteiger partial charge on any atom is -0.508 e. The SMILES string of the molecule is O=C(Nc1ccc(NCCSc2ccccc2)c([N+](=O)[O-])c1N1CCN(Cc2ccccc2-c2cccc(O)c2)CC1)c1cccc2c1S2(=O)=O. The lowest BCUT2D eigenvalue weighted by Crippen LogP contribution is -2.46. The smallest absolute Gasteiger partial charge is 0.317 e. The van der Waals surface area contributed by atoms with Gasteiger partial charge >= 0.3 is 5.69 Å². The third-order valence-corrected chi connectivity index (χ3v) is 11.7. The molecule has 0 spiro atoms. The lowest BCUT2D eigenvalue weighted by Gasteiger charge is -2.37.